The van der Waals surface area contributed by atoms with E-state index in [1.165, 1.54) is 0 Å². The van der Waals surface area contributed by atoms with E-state index in [4.69, 9.17) is 10.5 Å². The molecule has 20 heavy (non-hydrogen) atoms. The number of aromatic nitrogens is 2. The van der Waals surface area contributed by atoms with Crippen LogP contribution in [-0.2, 0) is 7.05 Å². The second-order valence-corrected chi connectivity index (χ2v) is 5.49. The molecule has 5 nitrogen and oxygen atoms in total. The van der Waals surface area contributed by atoms with E-state index in [-0.39, 0.29) is 6.04 Å². The van der Waals surface area contributed by atoms with Gasteiger partial charge < -0.3 is 15.8 Å². The van der Waals surface area contributed by atoms with Gasteiger partial charge in [-0.25, -0.2) is 4.68 Å². The van der Waals surface area contributed by atoms with Gasteiger partial charge in [0.2, 0.25) is 5.88 Å². The average molecular weight is 339 g/mol. The third kappa shape index (κ3) is 2.96. The van der Waals surface area contributed by atoms with Crippen molar-refractivity contribution in [2.24, 2.45) is 12.8 Å². The molecule has 1 atom stereocenters. The van der Waals surface area contributed by atoms with Gasteiger partial charge in [0.1, 0.15) is 0 Å². The number of nitrogens with one attached hydrogen (secondary N) is 1. The normalized spacial score (nSPS) is 12.2. The molecule has 3 N–H and O–H groups in total. The summed E-state index contributed by atoms with van der Waals surface area (Å²) in [5, 5.41) is 7.82. The summed E-state index contributed by atoms with van der Waals surface area (Å²) in [4.78, 5) is 0. The molecule has 2 rings (SSSR count). The van der Waals surface area contributed by atoms with Gasteiger partial charge in [-0.2, -0.15) is 5.10 Å². The van der Waals surface area contributed by atoms with Crippen LogP contribution in [0.4, 0.5) is 5.69 Å². The van der Waals surface area contributed by atoms with Crippen LogP contribution in [0.15, 0.2) is 28.7 Å². The van der Waals surface area contributed by atoms with Crippen molar-refractivity contribution in [3.63, 3.8) is 0 Å². The van der Waals surface area contributed by atoms with Crippen LogP contribution in [0.1, 0.15) is 17.3 Å². The molecule has 2 aromatic rings. The van der Waals surface area contributed by atoms with Crippen LogP contribution < -0.4 is 15.8 Å². The SMILES string of the molecule is COc1c(C(CN)Nc2cccc(Br)c2)c(C)nn1C. The molecule has 1 unspecified atom stereocenters. The Morgan fingerprint density at radius 3 is 2.85 bits per heavy atom. The largest absolute Gasteiger partial charge is 0.481 e. The molecule has 108 valence electrons. The van der Waals surface area contributed by atoms with Crippen LogP contribution in [0.2, 0.25) is 0 Å². The van der Waals surface area contributed by atoms with Crippen LogP contribution >= 0.6 is 15.9 Å². The topological polar surface area (TPSA) is 65.1 Å². The predicted molar refractivity (Wildman–Crippen MR) is 84.1 cm³/mol. The van der Waals surface area contributed by atoms with E-state index in [0.717, 1.165) is 27.3 Å². The minimum Gasteiger partial charge on any atom is -0.481 e. The monoisotopic (exact) mass is 338 g/mol. The number of rotatable bonds is 5. The fourth-order valence-electron chi connectivity index (χ4n) is 2.33. The van der Waals surface area contributed by atoms with Crippen molar-refractivity contribution in [1.82, 2.24) is 9.78 Å². The Bertz CT molecular complexity index is 597. The number of hydrogen-bond acceptors (Lipinski definition) is 4. The Hall–Kier alpha value is -1.53. The first-order valence-corrected chi connectivity index (χ1v) is 7.15. The van der Waals surface area contributed by atoms with Crippen LogP contribution in [-0.4, -0.2) is 23.4 Å². The summed E-state index contributed by atoms with van der Waals surface area (Å²) in [6.07, 6.45) is 0. The number of hydrogen-bond donors (Lipinski definition) is 2. The van der Waals surface area contributed by atoms with Crippen molar-refractivity contribution in [2.75, 3.05) is 19.0 Å². The molecule has 0 saturated heterocycles. The Morgan fingerprint density at radius 2 is 2.25 bits per heavy atom. The first-order chi connectivity index (χ1) is 9.56. The summed E-state index contributed by atoms with van der Waals surface area (Å²) < 4.78 is 8.19. The van der Waals surface area contributed by atoms with Crippen LogP contribution in [0, 0.1) is 6.92 Å². The maximum Gasteiger partial charge on any atom is 0.216 e. The third-order valence-electron chi connectivity index (χ3n) is 3.16. The van der Waals surface area contributed by atoms with E-state index in [1.54, 1.807) is 11.8 Å². The Kier molecular flexibility index (Phi) is 4.67. The minimum atomic E-state index is -0.0482. The number of nitrogens with two attached hydrogens (primary N) is 1. The lowest BCUT2D eigenvalue weighted by Crippen LogP contribution is -2.21. The highest BCUT2D eigenvalue weighted by atomic mass is 79.9. The van der Waals surface area contributed by atoms with Gasteiger partial charge in [0.15, 0.2) is 0 Å². The van der Waals surface area contributed by atoms with Crippen LogP contribution in [0.5, 0.6) is 5.88 Å². The molecule has 0 bridgehead atoms. The highest BCUT2D eigenvalue weighted by Gasteiger charge is 2.22. The first-order valence-electron chi connectivity index (χ1n) is 6.36. The highest BCUT2D eigenvalue weighted by Crippen LogP contribution is 2.30. The number of ether oxygens (including phenoxy) is 1. The van der Waals surface area contributed by atoms with Crippen molar-refractivity contribution in [2.45, 2.75) is 13.0 Å². The zero-order chi connectivity index (χ0) is 14.7. The number of aryl methyl sites for hydroxylation is 2. The molecule has 0 aliphatic rings. The lowest BCUT2D eigenvalue weighted by atomic mass is 10.1. The first kappa shape index (κ1) is 14.9. The molecule has 1 heterocycles. The molecule has 0 fully saturated rings. The summed E-state index contributed by atoms with van der Waals surface area (Å²) in [6, 6.07) is 7.94. The second kappa shape index (κ2) is 6.28. The summed E-state index contributed by atoms with van der Waals surface area (Å²) in [7, 11) is 3.51. The quantitative estimate of drug-likeness (QED) is 0.879. The molecule has 0 aliphatic heterocycles. The second-order valence-electron chi connectivity index (χ2n) is 4.57. The zero-order valence-corrected chi connectivity index (χ0v) is 13.4. The zero-order valence-electron chi connectivity index (χ0n) is 11.9. The molecule has 6 heteroatoms. The van der Waals surface area contributed by atoms with Crippen LogP contribution in [0.25, 0.3) is 0 Å². The molecular weight excluding hydrogens is 320 g/mol. The van der Waals surface area contributed by atoms with Gasteiger partial charge in [-0.05, 0) is 25.1 Å². The fraction of sp³-hybridized carbons (Fsp3) is 0.357. The average Bonchev–Trinajstić information content (AvgIpc) is 2.70. The number of nitrogens with zero attached hydrogens (tertiary/aromatic N) is 2. The van der Waals surface area contributed by atoms with Crippen molar-refractivity contribution in [3.05, 3.63) is 40.0 Å². The van der Waals surface area contributed by atoms with E-state index >= 15 is 0 Å². The highest BCUT2D eigenvalue weighted by molar-refractivity contribution is 9.10. The lowest BCUT2D eigenvalue weighted by molar-refractivity contribution is 0.367. The Balaban J connectivity index is 2.33. The van der Waals surface area contributed by atoms with E-state index < -0.39 is 0 Å². The molecule has 0 amide bonds. The Labute approximate surface area is 127 Å². The van der Waals surface area contributed by atoms with Gasteiger partial charge in [0, 0.05) is 23.8 Å². The fourth-order valence-corrected chi connectivity index (χ4v) is 2.72. The van der Waals surface area contributed by atoms with Gasteiger partial charge in [-0.1, -0.05) is 22.0 Å². The maximum absolute atomic E-state index is 5.93. The van der Waals surface area contributed by atoms with E-state index in [9.17, 15) is 0 Å². The molecular formula is C14H19BrN4O. The van der Waals surface area contributed by atoms with Gasteiger partial charge in [0.05, 0.1) is 24.4 Å². The number of methoxy groups -OCH3 is 1. The summed E-state index contributed by atoms with van der Waals surface area (Å²) in [5.74, 6) is 0.737. The lowest BCUT2D eigenvalue weighted by Gasteiger charge is -2.19. The van der Waals surface area contributed by atoms with Crippen molar-refractivity contribution < 1.29 is 4.74 Å². The summed E-state index contributed by atoms with van der Waals surface area (Å²) in [5.41, 5.74) is 8.84. The van der Waals surface area contributed by atoms with Crippen LogP contribution in [0.3, 0.4) is 0 Å². The number of benzene rings is 1. The Morgan fingerprint density at radius 1 is 1.50 bits per heavy atom. The summed E-state index contributed by atoms with van der Waals surface area (Å²) in [6.45, 7) is 2.42. The molecule has 1 aromatic carbocycles. The van der Waals surface area contributed by atoms with Gasteiger partial charge >= 0.3 is 0 Å². The van der Waals surface area contributed by atoms with E-state index in [2.05, 4.69) is 26.3 Å². The number of halogens is 1. The molecule has 1 aromatic heterocycles. The standard InChI is InChI=1S/C14H19BrN4O/c1-9-13(14(20-3)19(2)18-9)12(8-16)17-11-6-4-5-10(15)7-11/h4-7,12,17H,8,16H2,1-3H3. The van der Waals surface area contributed by atoms with Crippen molar-refractivity contribution >= 4 is 21.6 Å². The molecule has 0 saturated carbocycles. The molecule has 0 spiro atoms. The number of anilines is 1. The predicted octanol–water partition coefficient (Wildman–Crippen LogP) is 2.61. The molecule has 0 radical (unpaired) electrons. The smallest absolute Gasteiger partial charge is 0.216 e. The van der Waals surface area contributed by atoms with Gasteiger partial charge in [-0.15, -0.1) is 0 Å². The minimum absolute atomic E-state index is 0.0482. The van der Waals surface area contributed by atoms with E-state index in [1.807, 2.05) is 38.2 Å². The van der Waals surface area contributed by atoms with Crippen molar-refractivity contribution in [3.8, 4) is 5.88 Å². The third-order valence-corrected chi connectivity index (χ3v) is 3.65. The molecule has 0 aliphatic carbocycles. The van der Waals surface area contributed by atoms with Gasteiger partial charge in [0.25, 0.3) is 0 Å². The van der Waals surface area contributed by atoms with Crippen molar-refractivity contribution in [1.29, 1.82) is 0 Å². The van der Waals surface area contributed by atoms with E-state index in [0.29, 0.717) is 6.54 Å². The maximum atomic E-state index is 5.93. The van der Waals surface area contributed by atoms with Gasteiger partial charge in [-0.3, -0.25) is 0 Å². The summed E-state index contributed by atoms with van der Waals surface area (Å²) >= 11 is 3.46.